The Balaban J connectivity index is 2.09. The van der Waals surface area contributed by atoms with Crippen LogP contribution < -0.4 is 4.90 Å². The molecule has 20 heavy (non-hydrogen) atoms. The third-order valence-electron chi connectivity index (χ3n) is 3.22. The van der Waals surface area contributed by atoms with Gasteiger partial charge in [0.25, 0.3) is 11.7 Å². The van der Waals surface area contributed by atoms with Crippen LogP contribution in [-0.4, -0.2) is 21.2 Å². The van der Waals surface area contributed by atoms with Gasteiger partial charge in [0.15, 0.2) is 0 Å². The van der Waals surface area contributed by atoms with Crippen molar-refractivity contribution in [2.24, 2.45) is 7.05 Å². The highest BCUT2D eigenvalue weighted by Gasteiger charge is 2.38. The van der Waals surface area contributed by atoms with E-state index in [4.69, 9.17) is 0 Å². The fourth-order valence-electron chi connectivity index (χ4n) is 2.20. The summed E-state index contributed by atoms with van der Waals surface area (Å²) in [4.78, 5) is 29.3. The van der Waals surface area contributed by atoms with E-state index in [-0.39, 0.29) is 12.1 Å². The number of carbonyl (C=O) groups is 2. The quantitative estimate of drug-likeness (QED) is 0.788. The lowest BCUT2D eigenvalue weighted by molar-refractivity contribution is -0.114. The minimum absolute atomic E-state index is 0.0871. The summed E-state index contributed by atoms with van der Waals surface area (Å²) in [5.74, 6) is -1.91. The molecule has 102 valence electrons. The molecule has 0 saturated carbocycles. The number of ketones is 1. The van der Waals surface area contributed by atoms with Crippen molar-refractivity contribution in [3.05, 3.63) is 46.2 Å². The summed E-state index contributed by atoms with van der Waals surface area (Å²) in [6, 6.07) is 2.32. The van der Waals surface area contributed by atoms with Crippen molar-refractivity contribution in [1.29, 1.82) is 0 Å². The van der Waals surface area contributed by atoms with Crippen LogP contribution >= 0.6 is 15.9 Å². The molecule has 0 unspecified atom stereocenters. The number of halogens is 2. The monoisotopic (exact) mass is 337 g/mol. The van der Waals surface area contributed by atoms with Crippen LogP contribution in [0.3, 0.4) is 0 Å². The van der Waals surface area contributed by atoms with Crippen LogP contribution in [0.4, 0.5) is 10.1 Å². The van der Waals surface area contributed by atoms with E-state index in [1.54, 1.807) is 24.1 Å². The molecule has 1 aliphatic heterocycles. The lowest BCUT2D eigenvalue weighted by Gasteiger charge is -2.17. The lowest BCUT2D eigenvalue weighted by Crippen LogP contribution is -2.30. The van der Waals surface area contributed by atoms with E-state index >= 15 is 0 Å². The first-order valence-corrected chi connectivity index (χ1v) is 6.58. The van der Waals surface area contributed by atoms with Gasteiger partial charge in [0, 0.05) is 17.7 Å². The zero-order chi connectivity index (χ0) is 14.4. The van der Waals surface area contributed by atoms with Gasteiger partial charge in [0.05, 0.1) is 29.8 Å². The maximum atomic E-state index is 13.4. The van der Waals surface area contributed by atoms with E-state index in [9.17, 15) is 14.0 Å². The fourth-order valence-corrected chi connectivity index (χ4v) is 2.85. The summed E-state index contributed by atoms with van der Waals surface area (Å²) in [5.41, 5.74) is 1.27. The van der Waals surface area contributed by atoms with Crippen molar-refractivity contribution in [3.8, 4) is 0 Å². The van der Waals surface area contributed by atoms with E-state index in [1.807, 2.05) is 0 Å². The number of aromatic nitrogens is 2. The molecule has 0 aliphatic carbocycles. The van der Waals surface area contributed by atoms with Gasteiger partial charge >= 0.3 is 0 Å². The molecule has 1 amide bonds. The second-order valence-corrected chi connectivity index (χ2v) is 5.35. The van der Waals surface area contributed by atoms with E-state index in [2.05, 4.69) is 20.9 Å². The van der Waals surface area contributed by atoms with E-state index in [0.29, 0.717) is 10.2 Å². The molecular weight excluding hydrogens is 329 g/mol. The van der Waals surface area contributed by atoms with Crippen LogP contribution in [-0.2, 0) is 18.4 Å². The third kappa shape index (κ3) is 1.85. The Morgan fingerprint density at radius 2 is 2.10 bits per heavy atom. The number of nitrogens with zero attached hydrogens (tertiary/aromatic N) is 3. The number of amides is 1. The Labute approximate surface area is 122 Å². The summed E-state index contributed by atoms with van der Waals surface area (Å²) in [6.45, 7) is 0.207. The number of Topliss-reactive ketones (excluding diaryl/α,β-unsaturated/α-hetero) is 1. The van der Waals surface area contributed by atoms with Crippen LogP contribution in [0.5, 0.6) is 0 Å². The van der Waals surface area contributed by atoms with E-state index in [0.717, 1.165) is 11.8 Å². The molecule has 0 spiro atoms. The Kier molecular flexibility index (Phi) is 2.93. The summed E-state index contributed by atoms with van der Waals surface area (Å²) < 4.78 is 15.5. The molecule has 2 aromatic rings. The normalized spacial score (nSPS) is 14.1. The van der Waals surface area contributed by atoms with Crippen LogP contribution in [0.1, 0.15) is 16.1 Å². The molecule has 0 bridgehead atoms. The van der Waals surface area contributed by atoms with Crippen molar-refractivity contribution in [2.45, 2.75) is 6.54 Å². The third-order valence-corrected chi connectivity index (χ3v) is 3.82. The largest absolute Gasteiger partial charge is 0.336 e. The van der Waals surface area contributed by atoms with Gasteiger partial charge in [0.1, 0.15) is 5.82 Å². The minimum atomic E-state index is -0.692. The highest BCUT2D eigenvalue weighted by Crippen LogP contribution is 2.37. The topological polar surface area (TPSA) is 55.2 Å². The molecule has 1 aliphatic rings. The number of fused-ring (bicyclic) bond motifs is 1. The number of anilines is 1. The van der Waals surface area contributed by atoms with E-state index in [1.165, 1.54) is 11.0 Å². The zero-order valence-corrected chi connectivity index (χ0v) is 12.0. The lowest BCUT2D eigenvalue weighted by atomic mass is 10.1. The number of carbonyl (C=O) groups excluding carboxylic acids is 2. The molecule has 0 atom stereocenters. The number of rotatable bonds is 2. The maximum absolute atomic E-state index is 13.4. The van der Waals surface area contributed by atoms with Gasteiger partial charge in [-0.2, -0.15) is 0 Å². The highest BCUT2D eigenvalue weighted by molar-refractivity contribution is 9.10. The minimum Gasteiger partial charge on any atom is -0.336 e. The number of benzene rings is 1. The molecule has 0 radical (unpaired) electrons. The molecule has 0 saturated heterocycles. The molecule has 3 rings (SSSR count). The van der Waals surface area contributed by atoms with Crippen molar-refractivity contribution in [2.75, 3.05) is 4.90 Å². The smallest absolute Gasteiger partial charge is 0.299 e. The number of hydrogen-bond acceptors (Lipinski definition) is 3. The van der Waals surface area contributed by atoms with Crippen molar-refractivity contribution in [3.63, 3.8) is 0 Å². The molecule has 0 N–H and O–H groups in total. The molecule has 7 heteroatoms. The Hall–Kier alpha value is -2.02. The van der Waals surface area contributed by atoms with Gasteiger partial charge < -0.3 is 4.57 Å². The van der Waals surface area contributed by atoms with Crippen LogP contribution in [0.2, 0.25) is 0 Å². The molecule has 5 nitrogen and oxygen atoms in total. The van der Waals surface area contributed by atoms with Crippen LogP contribution in [0, 0.1) is 5.82 Å². The molecule has 1 aromatic heterocycles. The molecule has 2 heterocycles. The average molecular weight is 338 g/mol. The Morgan fingerprint density at radius 1 is 1.35 bits per heavy atom. The van der Waals surface area contributed by atoms with E-state index < -0.39 is 17.5 Å². The van der Waals surface area contributed by atoms with Crippen molar-refractivity contribution >= 4 is 33.3 Å². The average Bonchev–Trinajstić information content (AvgIpc) is 2.88. The highest BCUT2D eigenvalue weighted by atomic mass is 79.9. The Bertz CT molecular complexity index is 741. The first-order chi connectivity index (χ1) is 9.49. The van der Waals surface area contributed by atoms with Gasteiger partial charge in [-0.1, -0.05) is 0 Å². The number of aryl methyl sites for hydroxylation is 1. The first kappa shape index (κ1) is 13.0. The predicted molar refractivity (Wildman–Crippen MR) is 72.8 cm³/mol. The Morgan fingerprint density at radius 3 is 2.75 bits per heavy atom. The standard InChI is InChI=1S/C13H9BrFN3O2/c1-17-6-16-4-8(17)5-18-11-9(12(19)13(18)20)2-7(15)3-10(11)14/h2-4,6H,5H2,1H3. The molecule has 0 fully saturated rings. The van der Waals surface area contributed by atoms with Gasteiger partial charge in [-0.15, -0.1) is 0 Å². The fraction of sp³-hybridized carbons (Fsp3) is 0.154. The molecule has 1 aromatic carbocycles. The number of hydrogen-bond donors (Lipinski definition) is 0. The molecular formula is C13H9BrFN3O2. The summed E-state index contributed by atoms with van der Waals surface area (Å²) in [7, 11) is 1.80. The summed E-state index contributed by atoms with van der Waals surface area (Å²) in [5, 5.41) is 0. The number of imidazole rings is 1. The summed E-state index contributed by atoms with van der Waals surface area (Å²) >= 11 is 3.21. The van der Waals surface area contributed by atoms with Gasteiger partial charge in [-0.25, -0.2) is 9.37 Å². The second-order valence-electron chi connectivity index (χ2n) is 4.50. The van der Waals surface area contributed by atoms with Crippen molar-refractivity contribution in [1.82, 2.24) is 9.55 Å². The maximum Gasteiger partial charge on any atom is 0.299 e. The zero-order valence-electron chi connectivity index (χ0n) is 10.4. The van der Waals surface area contributed by atoms with Crippen molar-refractivity contribution < 1.29 is 14.0 Å². The second kappa shape index (κ2) is 4.52. The van der Waals surface area contributed by atoms with Crippen LogP contribution in [0.15, 0.2) is 29.1 Å². The predicted octanol–water partition coefficient (Wildman–Crippen LogP) is 2.05. The summed E-state index contributed by atoms with van der Waals surface area (Å²) in [6.07, 6.45) is 3.23. The van der Waals surface area contributed by atoms with Gasteiger partial charge in [0.2, 0.25) is 0 Å². The SMILES string of the molecule is Cn1cncc1CN1C(=O)C(=O)c2cc(F)cc(Br)c21. The van der Waals surface area contributed by atoms with Gasteiger partial charge in [-0.3, -0.25) is 14.5 Å². The first-order valence-electron chi connectivity index (χ1n) is 5.79. The van der Waals surface area contributed by atoms with Gasteiger partial charge in [-0.05, 0) is 28.1 Å². The van der Waals surface area contributed by atoms with Crippen LogP contribution in [0.25, 0.3) is 0 Å².